The fourth-order valence-electron chi connectivity index (χ4n) is 10.7. The Bertz CT molecular complexity index is 4190. The molecule has 5 aromatic heterocycles. The predicted molar refractivity (Wildman–Crippen MR) is 296 cm³/mol. The van der Waals surface area contributed by atoms with Crippen LogP contribution in [-0.4, -0.2) is 29.1 Å². The van der Waals surface area contributed by atoms with Crippen LogP contribution < -0.4 is 0 Å². The molecule has 0 N–H and O–H groups in total. The van der Waals surface area contributed by atoms with Gasteiger partial charge in [-0.05, 0) is 90.4 Å². The Labute approximate surface area is 416 Å². The molecule has 342 valence electrons. The van der Waals surface area contributed by atoms with Gasteiger partial charge in [0.05, 0.1) is 27.9 Å². The summed E-state index contributed by atoms with van der Waals surface area (Å²) in [5.41, 5.74) is 15.6. The molecule has 0 saturated carbocycles. The second-order valence-electron chi connectivity index (χ2n) is 18.3. The summed E-state index contributed by atoms with van der Waals surface area (Å²) in [6.45, 7) is 8.77. The number of pyridine rings is 1. The molecule has 72 heavy (non-hydrogen) atoms. The molecule has 0 spiro atoms. The zero-order valence-corrected chi connectivity index (χ0v) is 39.7. The lowest BCUT2D eigenvalue weighted by Gasteiger charge is -2.15. The Morgan fingerprint density at radius 3 is 1.74 bits per heavy atom. The number of allylic oxidation sites excluding steroid dienone is 2. The number of aromatic nitrogens is 6. The van der Waals surface area contributed by atoms with E-state index in [1.807, 2.05) is 85.1 Å². The molecule has 0 aliphatic heterocycles. The van der Waals surface area contributed by atoms with Gasteiger partial charge in [0.1, 0.15) is 11.2 Å². The van der Waals surface area contributed by atoms with Crippen LogP contribution in [0.1, 0.15) is 36.6 Å². The number of furan rings is 1. The first-order chi connectivity index (χ1) is 35.5. The predicted octanol–water partition coefficient (Wildman–Crippen LogP) is 16.7. The van der Waals surface area contributed by atoms with E-state index in [1.54, 1.807) is 0 Å². The summed E-state index contributed by atoms with van der Waals surface area (Å²) in [4.78, 5) is 21.1. The third-order valence-electron chi connectivity index (χ3n) is 14.0. The van der Waals surface area contributed by atoms with Crippen LogP contribution in [0.2, 0.25) is 0 Å². The maximum Gasteiger partial charge on any atom is 0.166 e. The molecule has 1 unspecified atom stereocenters. The van der Waals surface area contributed by atoms with Crippen molar-refractivity contribution in [2.45, 2.75) is 19.8 Å². The molecule has 0 aliphatic carbocycles. The molecule has 13 aromatic rings. The van der Waals surface area contributed by atoms with Gasteiger partial charge in [-0.2, -0.15) is 0 Å². The first-order valence-electron chi connectivity index (χ1n) is 24.3. The van der Waals surface area contributed by atoms with Gasteiger partial charge in [-0.15, -0.1) is 0 Å². The van der Waals surface area contributed by atoms with Gasteiger partial charge in [0.2, 0.25) is 0 Å². The number of hydrogen-bond acceptors (Lipinski definition) is 5. The minimum absolute atomic E-state index is 0.0110. The van der Waals surface area contributed by atoms with Crippen molar-refractivity contribution in [1.82, 2.24) is 29.1 Å². The molecular formula is C65H46N6O. The molecule has 13 rings (SSSR count). The molecule has 7 nitrogen and oxygen atoms in total. The Kier molecular flexibility index (Phi) is 10.4. The fraction of sp³-hybridized carbons (Fsp3) is 0.0462. The number of nitrogens with zero attached hydrogens (tertiary/aromatic N) is 6. The van der Waals surface area contributed by atoms with Gasteiger partial charge in [-0.25, -0.2) is 15.0 Å². The van der Waals surface area contributed by atoms with Crippen molar-refractivity contribution >= 4 is 66.3 Å². The lowest BCUT2D eigenvalue weighted by Crippen LogP contribution is -2.03. The highest BCUT2D eigenvalue weighted by Crippen LogP contribution is 2.44. The number of hydrogen-bond donors (Lipinski definition) is 0. The van der Waals surface area contributed by atoms with E-state index in [0.717, 1.165) is 105 Å². The van der Waals surface area contributed by atoms with Crippen molar-refractivity contribution < 1.29 is 4.42 Å². The highest BCUT2D eigenvalue weighted by molar-refractivity contribution is 6.20. The number of fused-ring (bicyclic) bond motifs is 7. The Balaban J connectivity index is 1.04. The SMILES string of the molecule is C=Cc1c(C(C)/C=C(\C)c2cnc(-c3cccc4oc5cc6c7ccccc7n(-c7ccccc7)c6cc5c34)c(-c3nc(-c4ccccc4)nc(-c4ccccc4)n3)c2)c2ccccc2n1-c1ccccc1. The summed E-state index contributed by atoms with van der Waals surface area (Å²) in [5, 5.41) is 5.44. The van der Waals surface area contributed by atoms with Crippen LogP contribution in [0, 0.1) is 0 Å². The summed E-state index contributed by atoms with van der Waals surface area (Å²) in [7, 11) is 0. The van der Waals surface area contributed by atoms with Crippen LogP contribution in [0.4, 0.5) is 0 Å². The van der Waals surface area contributed by atoms with Crippen molar-refractivity contribution in [3.63, 3.8) is 0 Å². The average molecular weight is 927 g/mol. The van der Waals surface area contributed by atoms with Crippen LogP contribution in [-0.2, 0) is 0 Å². The highest BCUT2D eigenvalue weighted by atomic mass is 16.3. The zero-order chi connectivity index (χ0) is 48.3. The fourth-order valence-corrected chi connectivity index (χ4v) is 10.7. The first-order valence-corrected chi connectivity index (χ1v) is 24.3. The quantitative estimate of drug-likeness (QED) is 0.137. The normalized spacial score (nSPS) is 12.4. The van der Waals surface area contributed by atoms with Crippen molar-refractivity contribution in [3.05, 3.63) is 242 Å². The van der Waals surface area contributed by atoms with Crippen molar-refractivity contribution in [2.24, 2.45) is 0 Å². The minimum Gasteiger partial charge on any atom is -0.456 e. The molecule has 0 aliphatic rings. The molecule has 0 bridgehead atoms. The van der Waals surface area contributed by atoms with Gasteiger partial charge in [0, 0.05) is 72.7 Å². The topological polar surface area (TPSA) is 74.6 Å². The minimum atomic E-state index is 0.0110. The van der Waals surface area contributed by atoms with Gasteiger partial charge >= 0.3 is 0 Å². The Morgan fingerprint density at radius 1 is 0.514 bits per heavy atom. The summed E-state index contributed by atoms with van der Waals surface area (Å²) in [6, 6.07) is 71.4. The average Bonchev–Trinajstić information content (AvgIpc) is 4.10. The van der Waals surface area contributed by atoms with E-state index < -0.39 is 0 Å². The molecule has 1 atom stereocenters. The molecular weight excluding hydrogens is 881 g/mol. The van der Waals surface area contributed by atoms with Gasteiger partial charge in [0.15, 0.2) is 17.5 Å². The Morgan fingerprint density at radius 2 is 1.08 bits per heavy atom. The summed E-state index contributed by atoms with van der Waals surface area (Å²) >= 11 is 0. The maximum absolute atomic E-state index is 6.82. The number of para-hydroxylation sites is 4. The lowest BCUT2D eigenvalue weighted by atomic mass is 9.92. The zero-order valence-electron chi connectivity index (χ0n) is 39.7. The van der Waals surface area contributed by atoms with Crippen LogP contribution >= 0.6 is 0 Å². The van der Waals surface area contributed by atoms with Crippen LogP contribution in [0.25, 0.3) is 123 Å². The second-order valence-corrected chi connectivity index (χ2v) is 18.3. The molecule has 7 heteroatoms. The standard InChI is InChI=1S/C65H46N6O/c1-4-54-60(49-31-18-20-34-56(49)70(54)46-26-13-7-14-27-46)42(3)36-41(2)45-37-53(65-68-63(43-22-9-5-10-23-43)67-64(69-65)44-24-11-6-12-25-44)62(66-40-45)50-32-21-35-58-61(50)52-38-57-51(39-59(52)72-58)48-30-17-19-33-55(48)71(57)47-28-15-8-16-29-47/h4-40,42H,1H2,2-3H3/b41-36+. The smallest absolute Gasteiger partial charge is 0.166 e. The van der Waals surface area contributed by atoms with E-state index in [1.165, 1.54) is 10.9 Å². The lowest BCUT2D eigenvalue weighted by molar-refractivity contribution is 0.669. The summed E-state index contributed by atoms with van der Waals surface area (Å²) in [5.74, 6) is 1.68. The van der Waals surface area contributed by atoms with E-state index >= 15 is 0 Å². The summed E-state index contributed by atoms with van der Waals surface area (Å²) in [6.07, 6.45) is 6.31. The van der Waals surface area contributed by atoms with Crippen molar-refractivity contribution in [3.8, 4) is 56.8 Å². The van der Waals surface area contributed by atoms with E-state index in [0.29, 0.717) is 17.5 Å². The van der Waals surface area contributed by atoms with Crippen LogP contribution in [0.3, 0.4) is 0 Å². The van der Waals surface area contributed by atoms with Crippen molar-refractivity contribution in [2.75, 3.05) is 0 Å². The highest BCUT2D eigenvalue weighted by Gasteiger charge is 2.24. The Hall–Kier alpha value is -9.46. The molecule has 8 aromatic carbocycles. The van der Waals surface area contributed by atoms with Gasteiger partial charge in [0.25, 0.3) is 0 Å². The number of benzene rings is 8. The van der Waals surface area contributed by atoms with Crippen LogP contribution in [0.15, 0.2) is 230 Å². The molecule has 5 heterocycles. The molecule has 0 radical (unpaired) electrons. The monoisotopic (exact) mass is 926 g/mol. The van der Waals surface area contributed by atoms with E-state index in [-0.39, 0.29) is 5.92 Å². The van der Waals surface area contributed by atoms with Crippen molar-refractivity contribution in [1.29, 1.82) is 0 Å². The third kappa shape index (κ3) is 7.13. The van der Waals surface area contributed by atoms with Crippen LogP contribution in [0.5, 0.6) is 0 Å². The summed E-state index contributed by atoms with van der Waals surface area (Å²) < 4.78 is 11.5. The van der Waals surface area contributed by atoms with Gasteiger partial charge in [-0.1, -0.05) is 165 Å². The maximum atomic E-state index is 6.82. The van der Waals surface area contributed by atoms with E-state index in [9.17, 15) is 0 Å². The first kappa shape index (κ1) is 42.6. The molecule has 0 fully saturated rings. The largest absolute Gasteiger partial charge is 0.456 e. The van der Waals surface area contributed by atoms with E-state index in [2.05, 4.69) is 169 Å². The number of rotatable bonds is 10. The van der Waals surface area contributed by atoms with E-state index in [4.69, 9.17) is 24.4 Å². The second kappa shape index (κ2) is 17.5. The van der Waals surface area contributed by atoms with Gasteiger partial charge < -0.3 is 13.6 Å². The van der Waals surface area contributed by atoms with Gasteiger partial charge in [-0.3, -0.25) is 4.98 Å². The third-order valence-corrected chi connectivity index (χ3v) is 14.0. The molecule has 0 saturated heterocycles. The molecule has 0 amide bonds.